The molecule has 0 unspecified atom stereocenters. The number of hydrogen-bond donors (Lipinski definition) is 1. The minimum absolute atomic E-state index is 0.164. The number of hydrogen-bond acceptors (Lipinski definition) is 9. The second-order valence-electron chi connectivity index (χ2n) is 9.52. The number of ether oxygens (including phenoxy) is 4. The maximum absolute atomic E-state index is 12.9. The number of pyridine rings is 1. The Kier molecular flexibility index (Phi) is 6.35. The van der Waals surface area contributed by atoms with Crippen LogP contribution in [-0.2, 0) is 14.2 Å². The van der Waals surface area contributed by atoms with Gasteiger partial charge in [0.1, 0.15) is 24.0 Å². The standard InChI is InChI=1S/C24H28N6O6/c1-24(2,3)36-22(31)27-19-14-30-20(26-19)5-4-17(28-30)15-12-18-21(25-13-15)34-11-8-29(18)23(32)35-16-6-9-33-10-7-16/h4-5,12-14,16H,6-11H2,1-3H3,(H,27,31). The lowest BCUT2D eigenvalue weighted by Crippen LogP contribution is -2.41. The molecule has 5 rings (SSSR count). The number of fused-ring (bicyclic) bond motifs is 2. The Bertz CT molecular complexity index is 1280. The van der Waals surface area contributed by atoms with E-state index in [-0.39, 0.29) is 6.10 Å². The Hall–Kier alpha value is -3.93. The fraction of sp³-hybridized carbons (Fsp3) is 0.458. The van der Waals surface area contributed by atoms with Crippen LogP contribution in [-0.4, -0.2) is 69.8 Å². The predicted octanol–water partition coefficient (Wildman–Crippen LogP) is 3.65. The van der Waals surface area contributed by atoms with Crippen LogP contribution in [0.3, 0.4) is 0 Å². The van der Waals surface area contributed by atoms with Gasteiger partial charge in [-0.2, -0.15) is 5.10 Å². The minimum atomic E-state index is -0.622. The van der Waals surface area contributed by atoms with Gasteiger partial charge in [0.05, 0.1) is 31.6 Å². The number of anilines is 2. The molecule has 36 heavy (non-hydrogen) atoms. The number of nitrogens with one attached hydrogen (secondary N) is 1. The molecule has 2 amide bonds. The van der Waals surface area contributed by atoms with E-state index in [0.717, 1.165) is 0 Å². The first-order valence-electron chi connectivity index (χ1n) is 11.8. The van der Waals surface area contributed by atoms with E-state index >= 15 is 0 Å². The molecule has 12 heteroatoms. The van der Waals surface area contributed by atoms with E-state index < -0.39 is 17.8 Å². The van der Waals surface area contributed by atoms with Crippen molar-refractivity contribution in [1.82, 2.24) is 19.6 Å². The summed E-state index contributed by atoms with van der Waals surface area (Å²) in [4.78, 5) is 35.3. The molecule has 0 radical (unpaired) electrons. The smallest absolute Gasteiger partial charge is 0.414 e. The molecule has 0 aromatic carbocycles. The highest BCUT2D eigenvalue weighted by atomic mass is 16.6. The van der Waals surface area contributed by atoms with Gasteiger partial charge in [0.15, 0.2) is 11.5 Å². The van der Waals surface area contributed by atoms with Crippen molar-refractivity contribution in [2.45, 2.75) is 45.3 Å². The van der Waals surface area contributed by atoms with Crippen molar-refractivity contribution in [3.05, 3.63) is 30.6 Å². The lowest BCUT2D eigenvalue weighted by molar-refractivity contribution is 0.00339. The number of aromatic nitrogens is 4. The number of imidazole rings is 1. The zero-order valence-electron chi connectivity index (χ0n) is 20.4. The fourth-order valence-electron chi connectivity index (χ4n) is 3.93. The van der Waals surface area contributed by atoms with Crippen LogP contribution in [0.4, 0.5) is 21.1 Å². The van der Waals surface area contributed by atoms with Crippen LogP contribution in [0.2, 0.25) is 0 Å². The quantitative estimate of drug-likeness (QED) is 0.577. The van der Waals surface area contributed by atoms with E-state index in [0.29, 0.717) is 73.5 Å². The molecular formula is C24H28N6O6. The van der Waals surface area contributed by atoms with Gasteiger partial charge < -0.3 is 18.9 Å². The normalized spacial score (nSPS) is 16.2. The second kappa shape index (κ2) is 9.61. The van der Waals surface area contributed by atoms with Crippen LogP contribution in [0.25, 0.3) is 16.9 Å². The molecular weight excluding hydrogens is 468 g/mol. The molecule has 1 fully saturated rings. The van der Waals surface area contributed by atoms with E-state index in [1.165, 1.54) is 0 Å². The molecule has 190 valence electrons. The zero-order chi connectivity index (χ0) is 25.3. The van der Waals surface area contributed by atoms with Crippen molar-refractivity contribution in [3.8, 4) is 17.1 Å². The fourth-order valence-corrected chi connectivity index (χ4v) is 3.93. The van der Waals surface area contributed by atoms with Gasteiger partial charge in [0, 0.05) is 24.6 Å². The SMILES string of the molecule is CC(C)(C)OC(=O)Nc1cn2nc(-c3cnc4c(c3)N(C(=O)OC3CCOCC3)CCO4)ccc2n1. The third-order valence-electron chi connectivity index (χ3n) is 5.58. The average molecular weight is 497 g/mol. The molecule has 0 aliphatic carbocycles. The molecule has 3 aromatic heterocycles. The van der Waals surface area contributed by atoms with Crippen molar-refractivity contribution in [2.75, 3.05) is 36.6 Å². The highest BCUT2D eigenvalue weighted by Crippen LogP contribution is 2.34. The molecule has 2 aliphatic heterocycles. The Morgan fingerprint density at radius 1 is 1.17 bits per heavy atom. The number of carbonyl (C=O) groups excluding carboxylic acids is 2. The molecule has 0 atom stereocenters. The number of rotatable bonds is 3. The van der Waals surface area contributed by atoms with Gasteiger partial charge in [-0.05, 0) is 39.0 Å². The van der Waals surface area contributed by atoms with E-state index in [1.54, 1.807) is 60.8 Å². The molecule has 1 N–H and O–H groups in total. The van der Waals surface area contributed by atoms with E-state index in [2.05, 4.69) is 20.4 Å². The van der Waals surface area contributed by atoms with E-state index in [1.807, 2.05) is 0 Å². The first-order chi connectivity index (χ1) is 17.2. The van der Waals surface area contributed by atoms with Gasteiger partial charge in [0.2, 0.25) is 5.88 Å². The van der Waals surface area contributed by atoms with E-state index in [4.69, 9.17) is 18.9 Å². The topological polar surface area (TPSA) is 129 Å². The summed E-state index contributed by atoms with van der Waals surface area (Å²) in [6.45, 7) is 7.21. The highest BCUT2D eigenvalue weighted by molar-refractivity contribution is 5.91. The van der Waals surface area contributed by atoms with Crippen molar-refractivity contribution in [2.24, 2.45) is 0 Å². The van der Waals surface area contributed by atoms with Crippen molar-refractivity contribution in [1.29, 1.82) is 0 Å². The second-order valence-corrected chi connectivity index (χ2v) is 9.52. The average Bonchev–Trinajstić information content (AvgIpc) is 3.24. The summed E-state index contributed by atoms with van der Waals surface area (Å²) in [5.41, 5.74) is 1.72. The monoisotopic (exact) mass is 496 g/mol. The van der Waals surface area contributed by atoms with Gasteiger partial charge in [-0.1, -0.05) is 0 Å². The molecule has 3 aromatic rings. The maximum atomic E-state index is 12.9. The molecule has 0 bridgehead atoms. The van der Waals surface area contributed by atoms with Crippen LogP contribution in [0.5, 0.6) is 5.88 Å². The zero-order valence-corrected chi connectivity index (χ0v) is 20.4. The first kappa shape index (κ1) is 23.8. The van der Waals surface area contributed by atoms with Crippen molar-refractivity contribution in [3.63, 3.8) is 0 Å². The Balaban J connectivity index is 1.36. The molecule has 1 saturated heterocycles. The lowest BCUT2D eigenvalue weighted by atomic mass is 10.1. The summed E-state index contributed by atoms with van der Waals surface area (Å²) >= 11 is 0. The van der Waals surface area contributed by atoms with Crippen LogP contribution < -0.4 is 15.0 Å². The molecule has 0 saturated carbocycles. The van der Waals surface area contributed by atoms with Crippen molar-refractivity contribution < 1.29 is 28.5 Å². The van der Waals surface area contributed by atoms with Crippen LogP contribution in [0.1, 0.15) is 33.6 Å². The molecule has 12 nitrogen and oxygen atoms in total. The van der Waals surface area contributed by atoms with Gasteiger partial charge in [-0.25, -0.2) is 24.1 Å². The number of nitrogens with zero attached hydrogens (tertiary/aromatic N) is 5. The summed E-state index contributed by atoms with van der Waals surface area (Å²) in [5.74, 6) is 0.675. The first-order valence-corrected chi connectivity index (χ1v) is 11.8. The summed E-state index contributed by atoms with van der Waals surface area (Å²) in [6.07, 6.45) is 3.40. The third kappa shape index (κ3) is 5.33. The Morgan fingerprint density at radius 3 is 2.75 bits per heavy atom. The third-order valence-corrected chi connectivity index (χ3v) is 5.58. The summed E-state index contributed by atoms with van der Waals surface area (Å²) in [7, 11) is 0. The minimum Gasteiger partial charge on any atom is -0.474 e. The van der Waals surface area contributed by atoms with Gasteiger partial charge in [0.25, 0.3) is 0 Å². The lowest BCUT2D eigenvalue weighted by Gasteiger charge is -2.30. The maximum Gasteiger partial charge on any atom is 0.414 e. The summed E-state index contributed by atoms with van der Waals surface area (Å²) in [6, 6.07) is 5.37. The number of carbonyl (C=O) groups is 2. The number of amides is 2. The summed E-state index contributed by atoms with van der Waals surface area (Å²) < 4.78 is 23.5. The van der Waals surface area contributed by atoms with Gasteiger partial charge >= 0.3 is 12.2 Å². The van der Waals surface area contributed by atoms with Gasteiger partial charge in [-0.3, -0.25) is 10.2 Å². The Labute approximate surface area is 207 Å². The predicted molar refractivity (Wildman–Crippen MR) is 129 cm³/mol. The Morgan fingerprint density at radius 2 is 1.97 bits per heavy atom. The molecule has 0 spiro atoms. The largest absolute Gasteiger partial charge is 0.474 e. The van der Waals surface area contributed by atoms with E-state index in [9.17, 15) is 9.59 Å². The highest BCUT2D eigenvalue weighted by Gasteiger charge is 2.29. The van der Waals surface area contributed by atoms with Crippen molar-refractivity contribution >= 4 is 29.3 Å². The molecule has 5 heterocycles. The van der Waals surface area contributed by atoms with Gasteiger partial charge in [-0.15, -0.1) is 0 Å². The van der Waals surface area contributed by atoms with Crippen LogP contribution in [0.15, 0.2) is 30.6 Å². The molecule has 2 aliphatic rings. The van der Waals surface area contributed by atoms with Crippen LogP contribution in [0, 0.1) is 0 Å². The summed E-state index contributed by atoms with van der Waals surface area (Å²) in [5, 5.41) is 7.20. The van der Waals surface area contributed by atoms with Crippen LogP contribution >= 0.6 is 0 Å².